The minimum absolute atomic E-state index is 0.00270. The van der Waals surface area contributed by atoms with Gasteiger partial charge in [0.15, 0.2) is 0 Å². The van der Waals surface area contributed by atoms with Gasteiger partial charge in [-0.1, -0.05) is 0 Å². The Hall–Kier alpha value is -1.79. The summed E-state index contributed by atoms with van der Waals surface area (Å²) >= 11 is 0. The molecule has 86 valence electrons. The summed E-state index contributed by atoms with van der Waals surface area (Å²) in [7, 11) is 1.22. The molecule has 0 aliphatic rings. The van der Waals surface area contributed by atoms with Gasteiger partial charge < -0.3 is 20.5 Å². The molecule has 0 aromatic rings. The molecule has 2 amide bonds. The van der Waals surface area contributed by atoms with E-state index in [4.69, 9.17) is 5.11 Å². The molecule has 0 fully saturated rings. The maximum atomic E-state index is 10.9. The first kappa shape index (κ1) is 13.2. The number of carboxylic acid groups (broad SMARTS) is 1. The average Bonchev–Trinajstić information content (AvgIpc) is 2.20. The van der Waals surface area contributed by atoms with Gasteiger partial charge in [0.25, 0.3) is 0 Å². The van der Waals surface area contributed by atoms with Crippen LogP contribution in [0.3, 0.4) is 0 Å². The lowest BCUT2D eigenvalue weighted by Crippen LogP contribution is -2.39. The van der Waals surface area contributed by atoms with Crippen LogP contribution in [0.4, 0.5) is 4.79 Å². The number of hydrogen-bond donors (Lipinski definition) is 3. The minimum atomic E-state index is -0.910. The molecule has 0 aliphatic heterocycles. The van der Waals surface area contributed by atoms with Crippen LogP contribution >= 0.6 is 0 Å². The first-order valence-corrected chi connectivity index (χ1v) is 4.36. The number of carboxylic acids is 1. The van der Waals surface area contributed by atoms with Gasteiger partial charge in [0.1, 0.15) is 6.54 Å². The third-order valence-corrected chi connectivity index (χ3v) is 1.47. The standard InChI is InChI=1S/C8H14N2O5/c1-15-7(13)5-10-8(14)9-4-2-3-6(11)12/h2-5H2,1H3,(H,11,12)(H2,9,10,14). The quantitative estimate of drug-likeness (QED) is 0.405. The smallest absolute Gasteiger partial charge is 0.325 e. The average molecular weight is 218 g/mol. The molecule has 0 unspecified atom stereocenters. The normalized spacial score (nSPS) is 9.13. The van der Waals surface area contributed by atoms with Gasteiger partial charge in [0.2, 0.25) is 0 Å². The van der Waals surface area contributed by atoms with E-state index in [0.717, 1.165) is 0 Å². The highest BCUT2D eigenvalue weighted by Crippen LogP contribution is 1.85. The summed E-state index contributed by atoms with van der Waals surface area (Å²) in [6.07, 6.45) is 0.345. The molecule has 7 heteroatoms. The number of ether oxygens (including phenoxy) is 1. The lowest BCUT2D eigenvalue weighted by Gasteiger charge is -2.05. The van der Waals surface area contributed by atoms with Crippen molar-refractivity contribution in [2.24, 2.45) is 0 Å². The van der Waals surface area contributed by atoms with Crippen molar-refractivity contribution in [2.75, 3.05) is 20.2 Å². The Morgan fingerprint density at radius 2 is 1.93 bits per heavy atom. The van der Waals surface area contributed by atoms with E-state index in [1.165, 1.54) is 7.11 Å². The van der Waals surface area contributed by atoms with Crippen molar-refractivity contribution in [3.05, 3.63) is 0 Å². The van der Waals surface area contributed by atoms with Crippen LogP contribution in [0.25, 0.3) is 0 Å². The number of carbonyl (C=O) groups excluding carboxylic acids is 2. The number of carbonyl (C=O) groups is 3. The zero-order valence-corrected chi connectivity index (χ0v) is 8.41. The number of hydrogen-bond acceptors (Lipinski definition) is 4. The number of urea groups is 1. The van der Waals surface area contributed by atoms with Crippen LogP contribution in [0.1, 0.15) is 12.8 Å². The SMILES string of the molecule is COC(=O)CNC(=O)NCCCC(=O)O. The Labute approximate surface area is 86.8 Å². The van der Waals surface area contributed by atoms with Gasteiger partial charge in [-0.25, -0.2) is 4.79 Å². The van der Waals surface area contributed by atoms with Gasteiger partial charge in [0.05, 0.1) is 7.11 Å². The van der Waals surface area contributed by atoms with Gasteiger partial charge in [0, 0.05) is 13.0 Å². The Kier molecular flexibility index (Phi) is 6.69. The minimum Gasteiger partial charge on any atom is -0.481 e. The fourth-order valence-electron chi connectivity index (χ4n) is 0.729. The third kappa shape index (κ3) is 8.54. The van der Waals surface area contributed by atoms with Crippen molar-refractivity contribution in [1.29, 1.82) is 0 Å². The summed E-state index contributed by atoms with van der Waals surface area (Å²) < 4.78 is 4.30. The summed E-state index contributed by atoms with van der Waals surface area (Å²) in [5.41, 5.74) is 0. The van der Waals surface area contributed by atoms with Crippen LogP contribution in [0, 0.1) is 0 Å². The van der Waals surface area contributed by atoms with E-state index < -0.39 is 18.0 Å². The molecule has 0 saturated carbocycles. The van der Waals surface area contributed by atoms with Gasteiger partial charge in [-0.3, -0.25) is 9.59 Å². The van der Waals surface area contributed by atoms with Crippen LogP contribution in [-0.4, -0.2) is 43.3 Å². The molecule has 0 saturated heterocycles. The molecular weight excluding hydrogens is 204 g/mol. The van der Waals surface area contributed by atoms with Crippen molar-refractivity contribution >= 4 is 18.0 Å². The van der Waals surface area contributed by atoms with E-state index in [1.54, 1.807) is 0 Å². The molecule has 0 heterocycles. The second kappa shape index (κ2) is 7.60. The molecule has 0 radical (unpaired) electrons. The lowest BCUT2D eigenvalue weighted by molar-refractivity contribution is -0.139. The maximum absolute atomic E-state index is 10.9. The van der Waals surface area contributed by atoms with Crippen molar-refractivity contribution in [3.63, 3.8) is 0 Å². The second-order valence-electron chi connectivity index (χ2n) is 2.68. The number of aliphatic carboxylic acids is 1. The van der Waals surface area contributed by atoms with Crippen molar-refractivity contribution in [3.8, 4) is 0 Å². The van der Waals surface area contributed by atoms with Crippen LogP contribution in [0.5, 0.6) is 0 Å². The van der Waals surface area contributed by atoms with Crippen LogP contribution < -0.4 is 10.6 Å². The maximum Gasteiger partial charge on any atom is 0.325 e. The summed E-state index contributed by atoms with van der Waals surface area (Å²) in [6, 6.07) is -0.522. The molecule has 0 aliphatic carbocycles. The van der Waals surface area contributed by atoms with E-state index in [9.17, 15) is 14.4 Å². The predicted octanol–water partition coefficient (Wildman–Crippen LogP) is -0.677. The van der Waals surface area contributed by atoms with E-state index in [0.29, 0.717) is 6.42 Å². The molecule has 0 bridgehead atoms. The Morgan fingerprint density at radius 1 is 1.27 bits per heavy atom. The van der Waals surface area contributed by atoms with Gasteiger partial charge in [-0.2, -0.15) is 0 Å². The molecule has 0 spiro atoms. The van der Waals surface area contributed by atoms with Crippen molar-refractivity contribution < 1.29 is 24.2 Å². The van der Waals surface area contributed by atoms with E-state index >= 15 is 0 Å². The van der Waals surface area contributed by atoms with Crippen molar-refractivity contribution in [2.45, 2.75) is 12.8 Å². The van der Waals surface area contributed by atoms with Crippen molar-refractivity contribution in [1.82, 2.24) is 10.6 Å². The van der Waals surface area contributed by atoms with E-state index in [1.807, 2.05) is 0 Å². The Morgan fingerprint density at radius 3 is 2.47 bits per heavy atom. The van der Waals surface area contributed by atoms with Gasteiger partial charge >= 0.3 is 18.0 Å². The summed E-state index contributed by atoms with van der Waals surface area (Å²) in [5.74, 6) is -1.46. The number of nitrogens with one attached hydrogen (secondary N) is 2. The second-order valence-corrected chi connectivity index (χ2v) is 2.68. The van der Waals surface area contributed by atoms with Crippen LogP contribution in [0.15, 0.2) is 0 Å². The van der Waals surface area contributed by atoms with Crippen LogP contribution in [-0.2, 0) is 14.3 Å². The van der Waals surface area contributed by atoms with Gasteiger partial charge in [-0.15, -0.1) is 0 Å². The third-order valence-electron chi connectivity index (χ3n) is 1.47. The summed E-state index contributed by atoms with van der Waals surface area (Å²) in [4.78, 5) is 31.6. The zero-order chi connectivity index (χ0) is 11.7. The molecule has 0 atom stereocenters. The number of rotatable bonds is 6. The first-order chi connectivity index (χ1) is 7.06. The highest BCUT2D eigenvalue weighted by molar-refractivity contribution is 5.80. The Balaban J connectivity index is 3.41. The molecule has 7 nitrogen and oxygen atoms in total. The molecule has 15 heavy (non-hydrogen) atoms. The lowest BCUT2D eigenvalue weighted by atomic mass is 10.3. The first-order valence-electron chi connectivity index (χ1n) is 4.36. The summed E-state index contributed by atoms with van der Waals surface area (Å²) in [5, 5.41) is 12.9. The highest BCUT2D eigenvalue weighted by Gasteiger charge is 2.04. The van der Waals surface area contributed by atoms with E-state index in [2.05, 4.69) is 15.4 Å². The Bertz CT molecular complexity index is 241. The number of methoxy groups -OCH3 is 1. The monoisotopic (exact) mass is 218 g/mol. The molecule has 3 N–H and O–H groups in total. The molecule has 0 aromatic heterocycles. The fraction of sp³-hybridized carbons (Fsp3) is 0.625. The zero-order valence-electron chi connectivity index (χ0n) is 8.41. The number of esters is 1. The van der Waals surface area contributed by atoms with Gasteiger partial charge in [-0.05, 0) is 6.42 Å². The van der Waals surface area contributed by atoms with Crippen LogP contribution in [0.2, 0.25) is 0 Å². The number of amides is 2. The van der Waals surface area contributed by atoms with E-state index in [-0.39, 0.29) is 19.5 Å². The summed E-state index contributed by atoms with van der Waals surface area (Å²) in [6.45, 7) is 0.0422. The highest BCUT2D eigenvalue weighted by atomic mass is 16.5. The largest absolute Gasteiger partial charge is 0.481 e. The molecule has 0 aromatic carbocycles. The topological polar surface area (TPSA) is 105 Å². The molecular formula is C8H14N2O5. The predicted molar refractivity (Wildman–Crippen MR) is 50.3 cm³/mol. The molecule has 0 rings (SSSR count). The fourth-order valence-corrected chi connectivity index (χ4v) is 0.729.